The van der Waals surface area contributed by atoms with Crippen molar-refractivity contribution in [2.45, 2.75) is 6.04 Å². The highest BCUT2D eigenvalue weighted by Gasteiger charge is 2.25. The maximum Gasteiger partial charge on any atom is 0.0569 e. The van der Waals surface area contributed by atoms with E-state index in [1.807, 2.05) is 0 Å². The molecule has 0 spiro atoms. The molecule has 0 aromatic heterocycles. The van der Waals surface area contributed by atoms with Gasteiger partial charge in [-0.3, -0.25) is 0 Å². The molecular weight excluding hydrogens is 148 g/mol. The van der Waals surface area contributed by atoms with Crippen molar-refractivity contribution in [3.05, 3.63) is 36.6 Å². The van der Waals surface area contributed by atoms with Crippen LogP contribution in [0, 0.1) is 5.92 Å². The van der Waals surface area contributed by atoms with Crippen LogP contribution in [-0.4, -0.2) is 24.0 Å². The quantitative estimate of drug-likeness (QED) is 0.653. The van der Waals surface area contributed by atoms with Crippen LogP contribution in [0.5, 0.6) is 0 Å². The number of rotatable bonds is 2. The Morgan fingerprint density at radius 1 is 1.17 bits per heavy atom. The summed E-state index contributed by atoms with van der Waals surface area (Å²) in [6.07, 6.45) is 13.1. The highest BCUT2D eigenvalue weighted by Crippen LogP contribution is 2.25. The minimum Gasteiger partial charge on any atom is -0.369 e. The number of allylic oxidation sites excluding steroid dienone is 2. The summed E-state index contributed by atoms with van der Waals surface area (Å²) in [4.78, 5) is 2.30. The number of nitrogens with zero attached hydrogens (tertiary/aromatic N) is 1. The third-order valence-corrected chi connectivity index (χ3v) is 2.42. The van der Waals surface area contributed by atoms with Crippen LogP contribution in [0.15, 0.2) is 36.6 Å². The van der Waals surface area contributed by atoms with Crippen molar-refractivity contribution >= 4 is 0 Å². The number of fused-ring (bicyclic) bond motifs is 1. The molecule has 0 radical (unpaired) electrons. The Morgan fingerprint density at radius 2 is 2.00 bits per heavy atom. The van der Waals surface area contributed by atoms with Crippen molar-refractivity contribution < 1.29 is 0 Å². The van der Waals surface area contributed by atoms with E-state index < -0.39 is 0 Å². The van der Waals surface area contributed by atoms with E-state index in [-0.39, 0.29) is 0 Å². The third-order valence-electron chi connectivity index (χ3n) is 2.42. The molecule has 2 unspecified atom stereocenters. The molecule has 0 saturated heterocycles. The van der Waals surface area contributed by atoms with Crippen LogP contribution in [0.4, 0.5) is 0 Å². The first-order valence-corrected chi connectivity index (χ1v) is 4.41. The van der Waals surface area contributed by atoms with Crippen LogP contribution in [0.3, 0.4) is 0 Å². The summed E-state index contributed by atoms with van der Waals surface area (Å²) in [5.41, 5.74) is 5.51. The van der Waals surface area contributed by atoms with Gasteiger partial charge in [0, 0.05) is 19.0 Å². The fraction of sp³-hybridized carbons (Fsp3) is 0.400. The largest absolute Gasteiger partial charge is 0.369 e. The van der Waals surface area contributed by atoms with Gasteiger partial charge in [0.2, 0.25) is 0 Å². The Kier molecular flexibility index (Phi) is 2.00. The van der Waals surface area contributed by atoms with E-state index in [4.69, 9.17) is 5.73 Å². The van der Waals surface area contributed by atoms with E-state index in [0.29, 0.717) is 12.0 Å². The maximum absolute atomic E-state index is 5.51. The summed E-state index contributed by atoms with van der Waals surface area (Å²) in [5.74, 6) is 0.571. The molecule has 2 rings (SSSR count). The first kappa shape index (κ1) is 7.62. The van der Waals surface area contributed by atoms with Gasteiger partial charge in [-0.2, -0.15) is 0 Å². The molecule has 2 nitrogen and oxygen atoms in total. The van der Waals surface area contributed by atoms with Gasteiger partial charge in [0.1, 0.15) is 0 Å². The van der Waals surface area contributed by atoms with Crippen molar-refractivity contribution in [2.24, 2.45) is 11.7 Å². The van der Waals surface area contributed by atoms with Crippen LogP contribution < -0.4 is 5.73 Å². The highest BCUT2D eigenvalue weighted by molar-refractivity contribution is 5.25. The summed E-state index contributed by atoms with van der Waals surface area (Å²) in [6.45, 7) is 1.68. The monoisotopic (exact) mass is 162 g/mol. The third kappa shape index (κ3) is 1.18. The molecular formula is C10H14N2. The molecule has 0 saturated carbocycles. The molecule has 12 heavy (non-hydrogen) atoms. The second-order valence-electron chi connectivity index (χ2n) is 3.21. The second kappa shape index (κ2) is 3.15. The summed E-state index contributed by atoms with van der Waals surface area (Å²) in [5, 5.41) is 0. The fourth-order valence-electron chi connectivity index (χ4n) is 1.80. The van der Waals surface area contributed by atoms with Gasteiger partial charge in [0.15, 0.2) is 0 Å². The zero-order valence-electron chi connectivity index (χ0n) is 7.06. The van der Waals surface area contributed by atoms with Crippen LogP contribution in [0.2, 0.25) is 0 Å². The van der Waals surface area contributed by atoms with E-state index in [9.17, 15) is 0 Å². The normalized spacial score (nSPS) is 31.2. The van der Waals surface area contributed by atoms with Crippen LogP contribution in [0.25, 0.3) is 0 Å². The topological polar surface area (TPSA) is 29.3 Å². The van der Waals surface area contributed by atoms with Gasteiger partial charge in [-0.25, -0.2) is 0 Å². The van der Waals surface area contributed by atoms with Gasteiger partial charge in [-0.1, -0.05) is 30.4 Å². The van der Waals surface area contributed by atoms with Crippen LogP contribution >= 0.6 is 0 Å². The van der Waals surface area contributed by atoms with Crippen molar-refractivity contribution in [3.63, 3.8) is 0 Å². The van der Waals surface area contributed by atoms with Crippen molar-refractivity contribution in [2.75, 3.05) is 13.1 Å². The fourth-order valence-corrected chi connectivity index (χ4v) is 1.80. The van der Waals surface area contributed by atoms with E-state index in [0.717, 1.165) is 13.1 Å². The summed E-state index contributed by atoms with van der Waals surface area (Å²) < 4.78 is 0. The Bertz CT molecular complexity index is 240. The summed E-state index contributed by atoms with van der Waals surface area (Å²) in [6, 6.07) is 0.526. The molecule has 0 bridgehead atoms. The predicted octanol–water partition coefficient (Wildman–Crippen LogP) is 0.885. The molecule has 1 aliphatic carbocycles. The number of hydrogen-bond acceptors (Lipinski definition) is 2. The van der Waals surface area contributed by atoms with Gasteiger partial charge >= 0.3 is 0 Å². The highest BCUT2D eigenvalue weighted by atomic mass is 15.2. The summed E-state index contributed by atoms with van der Waals surface area (Å²) >= 11 is 0. The Morgan fingerprint density at radius 3 is 2.83 bits per heavy atom. The average molecular weight is 162 g/mol. The Balaban J connectivity index is 2.08. The lowest BCUT2D eigenvalue weighted by molar-refractivity contribution is 0.326. The zero-order valence-corrected chi connectivity index (χ0v) is 7.06. The number of nitrogens with two attached hydrogens (primary N) is 1. The zero-order chi connectivity index (χ0) is 8.39. The molecule has 0 aromatic carbocycles. The molecule has 2 aliphatic rings. The van der Waals surface area contributed by atoms with E-state index in [1.165, 1.54) is 0 Å². The van der Waals surface area contributed by atoms with E-state index in [2.05, 4.69) is 41.5 Å². The summed E-state index contributed by atoms with van der Waals surface area (Å²) in [7, 11) is 0. The van der Waals surface area contributed by atoms with Gasteiger partial charge in [0.05, 0.1) is 6.04 Å². The van der Waals surface area contributed by atoms with Gasteiger partial charge in [-0.05, 0) is 6.20 Å². The lowest BCUT2D eigenvalue weighted by Gasteiger charge is -2.26. The molecule has 0 amide bonds. The first-order valence-electron chi connectivity index (χ1n) is 4.41. The second-order valence-corrected chi connectivity index (χ2v) is 3.21. The molecule has 2 atom stereocenters. The Hall–Kier alpha value is -1.02. The average Bonchev–Trinajstić information content (AvgIpc) is 2.50. The molecule has 0 aromatic rings. The van der Waals surface area contributed by atoms with Gasteiger partial charge in [-0.15, -0.1) is 0 Å². The van der Waals surface area contributed by atoms with E-state index in [1.54, 1.807) is 0 Å². The molecule has 2 heteroatoms. The minimum atomic E-state index is 0.526. The van der Waals surface area contributed by atoms with Gasteiger partial charge in [0.25, 0.3) is 0 Å². The molecule has 2 N–H and O–H groups in total. The van der Waals surface area contributed by atoms with Crippen molar-refractivity contribution in [1.29, 1.82) is 0 Å². The van der Waals surface area contributed by atoms with Crippen LogP contribution in [-0.2, 0) is 0 Å². The van der Waals surface area contributed by atoms with Crippen molar-refractivity contribution in [3.8, 4) is 0 Å². The standard InChI is InChI=1S/C10H14N2/c11-6-8-12-7-5-9-3-1-2-4-10(9)12/h1-5,7,9-10H,6,8,11H2. The lowest BCUT2D eigenvalue weighted by atomic mass is 9.97. The molecule has 64 valence electrons. The SMILES string of the molecule is NCCN1C=CC2C=CC=CC21. The maximum atomic E-state index is 5.51. The molecule has 0 fully saturated rings. The molecule has 1 aliphatic heterocycles. The molecule has 1 heterocycles. The predicted molar refractivity (Wildman–Crippen MR) is 50.5 cm³/mol. The lowest BCUT2D eigenvalue weighted by Crippen LogP contribution is -2.33. The Labute approximate surface area is 73.0 Å². The van der Waals surface area contributed by atoms with Crippen molar-refractivity contribution in [1.82, 2.24) is 4.90 Å². The van der Waals surface area contributed by atoms with Crippen LogP contribution in [0.1, 0.15) is 0 Å². The van der Waals surface area contributed by atoms with Gasteiger partial charge < -0.3 is 10.6 Å². The smallest absolute Gasteiger partial charge is 0.0569 e. The van der Waals surface area contributed by atoms with E-state index >= 15 is 0 Å². The minimum absolute atomic E-state index is 0.526. The number of hydrogen-bond donors (Lipinski definition) is 1. The first-order chi connectivity index (χ1) is 5.92.